The number of aromatic amines is 1. The Morgan fingerprint density at radius 3 is 2.46 bits per heavy atom. The Bertz CT molecular complexity index is 1510. The number of aromatic nitrogens is 2. The molecule has 5 heteroatoms. The molecule has 0 radical (unpaired) electrons. The van der Waals surface area contributed by atoms with Crippen LogP contribution in [0.1, 0.15) is 49.3 Å². The van der Waals surface area contributed by atoms with Crippen molar-refractivity contribution in [2.75, 3.05) is 19.0 Å². The van der Waals surface area contributed by atoms with E-state index in [1.807, 2.05) is 12.1 Å². The zero-order chi connectivity index (χ0) is 26.4. The predicted octanol–water partition coefficient (Wildman–Crippen LogP) is 7.66. The molecule has 3 aromatic carbocycles. The molecule has 2 atom stereocenters. The van der Waals surface area contributed by atoms with Crippen molar-refractivity contribution in [2.45, 2.75) is 50.6 Å². The van der Waals surface area contributed by atoms with E-state index in [-0.39, 0.29) is 12.1 Å². The minimum atomic E-state index is 0.190. The van der Waals surface area contributed by atoms with Gasteiger partial charge in [-0.1, -0.05) is 79.9 Å². The number of pyridine rings is 1. The lowest BCUT2D eigenvalue weighted by Crippen LogP contribution is -2.41. The molecule has 0 bridgehead atoms. The number of fused-ring (bicyclic) bond motifs is 2. The zero-order valence-corrected chi connectivity index (χ0v) is 22.7. The van der Waals surface area contributed by atoms with Crippen molar-refractivity contribution in [3.05, 3.63) is 102 Å². The van der Waals surface area contributed by atoms with Gasteiger partial charge in [-0.25, -0.2) is 4.98 Å². The van der Waals surface area contributed by atoms with Crippen LogP contribution in [-0.4, -0.2) is 29.7 Å². The maximum absolute atomic E-state index is 5.75. The van der Waals surface area contributed by atoms with Gasteiger partial charge in [0.05, 0.1) is 12.6 Å². The third-order valence-electron chi connectivity index (χ3n) is 8.31. The molecule has 0 saturated heterocycles. The summed E-state index contributed by atoms with van der Waals surface area (Å²) in [7, 11) is 1.74. The molecule has 1 saturated carbocycles. The molecule has 1 aliphatic carbocycles. The van der Waals surface area contributed by atoms with Crippen LogP contribution < -0.4 is 15.4 Å². The molecule has 0 spiro atoms. The van der Waals surface area contributed by atoms with Crippen LogP contribution in [0.25, 0.3) is 21.8 Å². The number of hydrogen-bond donors (Lipinski definition) is 3. The number of para-hydroxylation sites is 2. The lowest BCUT2D eigenvalue weighted by Gasteiger charge is -2.33. The number of rotatable bonds is 10. The van der Waals surface area contributed by atoms with E-state index in [0.717, 1.165) is 35.4 Å². The molecule has 3 N–H and O–H groups in total. The number of methoxy groups -OCH3 is 1. The number of nitrogens with zero attached hydrogens (tertiary/aromatic N) is 1. The standard InChI is InChI=1S/C34H38N4O/c1-39-33-21-34(37-30-19-11-9-17-27(30)33)38-32(25-14-6-3-7-15-25)23-36-31(20-24-12-4-2-5-13-24)28-22-35-29-18-10-8-16-26(28)29/h2,4-5,8-13,16-19,21-22,25,31-32,35-36H,3,6-7,14-15,20,23H2,1H3,(H,37,38). The largest absolute Gasteiger partial charge is 0.496 e. The molecule has 200 valence electrons. The lowest BCUT2D eigenvalue weighted by atomic mass is 9.83. The van der Waals surface area contributed by atoms with E-state index in [2.05, 4.69) is 94.6 Å². The first-order valence-corrected chi connectivity index (χ1v) is 14.3. The summed E-state index contributed by atoms with van der Waals surface area (Å²) in [6.07, 6.45) is 9.55. The molecule has 0 amide bonds. The van der Waals surface area contributed by atoms with Gasteiger partial charge in [-0.05, 0) is 54.5 Å². The SMILES string of the molecule is COc1cc(NC(CNC(Cc2ccccc2)c2c[nH]c3ccccc23)C2CCCCC2)nc2ccccc12. The van der Waals surface area contributed by atoms with Gasteiger partial charge in [0.15, 0.2) is 0 Å². The van der Waals surface area contributed by atoms with Crippen molar-refractivity contribution in [1.29, 1.82) is 0 Å². The third kappa shape index (κ3) is 5.79. The van der Waals surface area contributed by atoms with Gasteiger partial charge in [-0.15, -0.1) is 0 Å². The third-order valence-corrected chi connectivity index (χ3v) is 8.31. The number of nitrogens with one attached hydrogen (secondary N) is 3. The second-order valence-corrected chi connectivity index (χ2v) is 10.8. The highest BCUT2D eigenvalue weighted by Crippen LogP contribution is 2.32. The van der Waals surface area contributed by atoms with E-state index in [0.29, 0.717) is 5.92 Å². The molecule has 1 fully saturated rings. The van der Waals surface area contributed by atoms with Crippen molar-refractivity contribution >= 4 is 27.6 Å². The summed E-state index contributed by atoms with van der Waals surface area (Å²) in [5.41, 5.74) is 4.79. The van der Waals surface area contributed by atoms with Crippen molar-refractivity contribution in [2.24, 2.45) is 5.92 Å². The van der Waals surface area contributed by atoms with Gasteiger partial charge >= 0.3 is 0 Å². The van der Waals surface area contributed by atoms with E-state index in [1.54, 1.807) is 7.11 Å². The van der Waals surface area contributed by atoms with E-state index in [4.69, 9.17) is 9.72 Å². The van der Waals surface area contributed by atoms with Crippen LogP contribution in [0.3, 0.4) is 0 Å². The number of anilines is 1. The summed E-state index contributed by atoms with van der Waals surface area (Å²) in [6, 6.07) is 30.1. The molecule has 2 heterocycles. The number of ether oxygens (including phenoxy) is 1. The van der Waals surface area contributed by atoms with Crippen LogP contribution in [-0.2, 0) is 6.42 Å². The van der Waals surface area contributed by atoms with Gasteiger partial charge in [-0.2, -0.15) is 0 Å². The fourth-order valence-electron chi connectivity index (χ4n) is 6.24. The van der Waals surface area contributed by atoms with Crippen LogP contribution >= 0.6 is 0 Å². The smallest absolute Gasteiger partial charge is 0.131 e. The van der Waals surface area contributed by atoms with E-state index in [1.165, 1.54) is 54.1 Å². The molecule has 39 heavy (non-hydrogen) atoms. The minimum absolute atomic E-state index is 0.190. The van der Waals surface area contributed by atoms with Crippen LogP contribution in [0.15, 0.2) is 91.1 Å². The number of H-pyrrole nitrogens is 1. The topological polar surface area (TPSA) is 62.0 Å². The average Bonchev–Trinajstić information content (AvgIpc) is 3.43. The maximum atomic E-state index is 5.75. The monoisotopic (exact) mass is 518 g/mol. The summed E-state index contributed by atoms with van der Waals surface area (Å²) in [4.78, 5) is 8.48. The number of hydrogen-bond acceptors (Lipinski definition) is 4. The van der Waals surface area contributed by atoms with Gasteiger partial charge < -0.3 is 20.4 Å². The summed E-state index contributed by atoms with van der Waals surface area (Å²) >= 11 is 0. The first-order valence-electron chi connectivity index (χ1n) is 14.3. The second-order valence-electron chi connectivity index (χ2n) is 10.8. The minimum Gasteiger partial charge on any atom is -0.496 e. The Labute approximate surface area is 231 Å². The zero-order valence-electron chi connectivity index (χ0n) is 22.7. The van der Waals surface area contributed by atoms with Crippen LogP contribution in [0.2, 0.25) is 0 Å². The molecule has 5 nitrogen and oxygen atoms in total. The lowest BCUT2D eigenvalue weighted by molar-refractivity contribution is 0.304. The summed E-state index contributed by atoms with van der Waals surface area (Å²) in [5.74, 6) is 2.35. The van der Waals surface area contributed by atoms with Crippen molar-refractivity contribution in [3.8, 4) is 5.75 Å². The maximum Gasteiger partial charge on any atom is 0.131 e. The van der Waals surface area contributed by atoms with Gasteiger partial charge in [0, 0.05) is 47.2 Å². The Hall–Kier alpha value is -3.83. The average molecular weight is 519 g/mol. The quantitative estimate of drug-likeness (QED) is 0.178. The summed E-state index contributed by atoms with van der Waals surface area (Å²) in [6.45, 7) is 0.860. The first kappa shape index (κ1) is 25.4. The van der Waals surface area contributed by atoms with Gasteiger partial charge in [0.25, 0.3) is 0 Å². The van der Waals surface area contributed by atoms with Gasteiger partial charge in [0.1, 0.15) is 11.6 Å². The Morgan fingerprint density at radius 2 is 1.64 bits per heavy atom. The highest BCUT2D eigenvalue weighted by molar-refractivity contribution is 5.87. The van der Waals surface area contributed by atoms with Crippen molar-refractivity contribution < 1.29 is 4.74 Å². The fourth-order valence-corrected chi connectivity index (χ4v) is 6.24. The second kappa shape index (κ2) is 11.9. The summed E-state index contributed by atoms with van der Waals surface area (Å²) in [5, 5.41) is 10.2. The van der Waals surface area contributed by atoms with Crippen LogP contribution in [0, 0.1) is 5.92 Å². The fraction of sp³-hybridized carbons (Fsp3) is 0.324. The van der Waals surface area contributed by atoms with E-state index >= 15 is 0 Å². The molecule has 2 unspecified atom stereocenters. The normalized spacial score (nSPS) is 15.8. The molecular formula is C34H38N4O. The van der Waals surface area contributed by atoms with Gasteiger partial charge in [0.2, 0.25) is 0 Å². The molecule has 0 aliphatic heterocycles. The Morgan fingerprint density at radius 1 is 0.897 bits per heavy atom. The highest BCUT2D eigenvalue weighted by atomic mass is 16.5. The van der Waals surface area contributed by atoms with Crippen LogP contribution in [0.5, 0.6) is 5.75 Å². The molecule has 6 rings (SSSR count). The summed E-state index contributed by atoms with van der Waals surface area (Å²) < 4.78 is 5.75. The van der Waals surface area contributed by atoms with Crippen molar-refractivity contribution in [3.63, 3.8) is 0 Å². The predicted molar refractivity (Wildman–Crippen MR) is 161 cm³/mol. The van der Waals surface area contributed by atoms with Crippen molar-refractivity contribution in [1.82, 2.24) is 15.3 Å². The van der Waals surface area contributed by atoms with Crippen LogP contribution in [0.4, 0.5) is 5.82 Å². The number of benzene rings is 3. The molecular weight excluding hydrogens is 480 g/mol. The van der Waals surface area contributed by atoms with E-state index < -0.39 is 0 Å². The Balaban J connectivity index is 1.29. The Kier molecular flexibility index (Phi) is 7.78. The van der Waals surface area contributed by atoms with Gasteiger partial charge in [-0.3, -0.25) is 0 Å². The molecule has 1 aliphatic rings. The molecule has 2 aromatic heterocycles. The molecule has 5 aromatic rings. The van der Waals surface area contributed by atoms with E-state index in [9.17, 15) is 0 Å². The highest BCUT2D eigenvalue weighted by Gasteiger charge is 2.26. The first-order chi connectivity index (χ1) is 19.3.